The molecule has 1 aliphatic rings. The van der Waals surface area contributed by atoms with Crippen LogP contribution in [0.1, 0.15) is 24.6 Å². The van der Waals surface area contributed by atoms with Gasteiger partial charge in [-0.2, -0.15) is 0 Å². The predicted octanol–water partition coefficient (Wildman–Crippen LogP) is 1.78. The molecule has 5 heteroatoms. The number of nitrogens with one attached hydrogen (secondary N) is 2. The summed E-state index contributed by atoms with van der Waals surface area (Å²) in [4.78, 5) is 17.2. The van der Waals surface area contributed by atoms with Crippen LogP contribution >= 0.6 is 11.3 Å². The number of aromatic nitrogens is 1. The van der Waals surface area contributed by atoms with Crippen molar-refractivity contribution in [1.29, 1.82) is 0 Å². The van der Waals surface area contributed by atoms with Crippen molar-refractivity contribution in [1.82, 2.24) is 10.3 Å². The van der Waals surface area contributed by atoms with Gasteiger partial charge >= 0.3 is 0 Å². The maximum absolute atomic E-state index is 12.0. The quantitative estimate of drug-likeness (QED) is 0.827. The number of hydrogen-bond donors (Lipinski definition) is 2. The molecular formula is C11H17N3OS. The van der Waals surface area contributed by atoms with E-state index in [9.17, 15) is 4.79 Å². The van der Waals surface area contributed by atoms with Gasteiger partial charge in [0.05, 0.1) is 0 Å². The standard InChI is InChI=1S/C11H17N3OS/c1-7-5-9(3-4-12-7)10(15)14-11-13-6-8(2)16-11/h6-7,9,12H,3-5H2,1-2H3,(H,13,14,15). The Bertz CT molecular complexity index is 377. The van der Waals surface area contributed by atoms with E-state index in [1.165, 1.54) is 11.3 Å². The van der Waals surface area contributed by atoms with Crippen molar-refractivity contribution in [3.8, 4) is 0 Å². The Hall–Kier alpha value is -0.940. The summed E-state index contributed by atoms with van der Waals surface area (Å²) in [5, 5.41) is 6.95. The summed E-state index contributed by atoms with van der Waals surface area (Å²) in [5.41, 5.74) is 0. The van der Waals surface area contributed by atoms with E-state index in [2.05, 4.69) is 22.5 Å². The number of carbonyl (C=O) groups is 1. The van der Waals surface area contributed by atoms with Crippen molar-refractivity contribution in [3.63, 3.8) is 0 Å². The van der Waals surface area contributed by atoms with Gasteiger partial charge in [-0.3, -0.25) is 4.79 Å². The molecule has 1 aliphatic heterocycles. The first-order valence-electron chi connectivity index (χ1n) is 5.62. The van der Waals surface area contributed by atoms with Crippen LogP contribution in [0.5, 0.6) is 0 Å². The number of anilines is 1. The lowest BCUT2D eigenvalue weighted by atomic mass is 9.93. The predicted molar refractivity (Wildman–Crippen MR) is 65.7 cm³/mol. The highest BCUT2D eigenvalue weighted by Crippen LogP contribution is 2.21. The molecule has 1 saturated heterocycles. The largest absolute Gasteiger partial charge is 0.314 e. The summed E-state index contributed by atoms with van der Waals surface area (Å²) in [5.74, 6) is 0.239. The molecule has 88 valence electrons. The Balaban J connectivity index is 1.92. The van der Waals surface area contributed by atoms with Crippen molar-refractivity contribution in [3.05, 3.63) is 11.1 Å². The Labute approximate surface area is 99.5 Å². The second kappa shape index (κ2) is 4.93. The number of rotatable bonds is 2. The molecule has 1 aromatic rings. The van der Waals surface area contributed by atoms with Crippen LogP contribution in [0.3, 0.4) is 0 Å². The van der Waals surface area contributed by atoms with Gasteiger partial charge in [0.2, 0.25) is 5.91 Å². The van der Waals surface area contributed by atoms with Gasteiger partial charge in [0, 0.05) is 23.0 Å². The van der Waals surface area contributed by atoms with E-state index in [0.29, 0.717) is 11.2 Å². The summed E-state index contributed by atoms with van der Waals surface area (Å²) in [7, 11) is 0. The van der Waals surface area contributed by atoms with Gasteiger partial charge in [0.1, 0.15) is 0 Å². The van der Waals surface area contributed by atoms with E-state index in [1.807, 2.05) is 6.92 Å². The maximum atomic E-state index is 12.0. The topological polar surface area (TPSA) is 54.0 Å². The van der Waals surface area contributed by atoms with E-state index < -0.39 is 0 Å². The molecule has 0 radical (unpaired) electrons. The molecule has 16 heavy (non-hydrogen) atoms. The van der Waals surface area contributed by atoms with Crippen LogP contribution in [0.4, 0.5) is 5.13 Å². The highest BCUT2D eigenvalue weighted by atomic mass is 32.1. The monoisotopic (exact) mass is 239 g/mol. The Morgan fingerprint density at radius 3 is 3.12 bits per heavy atom. The first-order valence-corrected chi connectivity index (χ1v) is 6.43. The van der Waals surface area contributed by atoms with Crippen molar-refractivity contribution < 1.29 is 4.79 Å². The van der Waals surface area contributed by atoms with Gasteiger partial charge in [0.15, 0.2) is 5.13 Å². The minimum atomic E-state index is 0.114. The zero-order valence-electron chi connectivity index (χ0n) is 9.62. The van der Waals surface area contributed by atoms with Crippen LogP contribution in [0, 0.1) is 12.8 Å². The molecule has 0 aromatic carbocycles. The minimum absolute atomic E-state index is 0.114. The lowest BCUT2D eigenvalue weighted by Gasteiger charge is -2.26. The van der Waals surface area contributed by atoms with Crippen molar-refractivity contribution in [2.75, 3.05) is 11.9 Å². The summed E-state index contributed by atoms with van der Waals surface area (Å²) in [6.07, 6.45) is 3.61. The third-order valence-corrected chi connectivity index (χ3v) is 3.67. The first-order chi connectivity index (χ1) is 7.65. The normalized spacial score (nSPS) is 25.4. The first kappa shape index (κ1) is 11.5. The van der Waals surface area contributed by atoms with Gasteiger partial charge < -0.3 is 10.6 Å². The fraction of sp³-hybridized carbons (Fsp3) is 0.636. The van der Waals surface area contributed by atoms with Crippen LogP contribution < -0.4 is 10.6 Å². The number of hydrogen-bond acceptors (Lipinski definition) is 4. The maximum Gasteiger partial charge on any atom is 0.229 e. The summed E-state index contributed by atoms with van der Waals surface area (Å²) >= 11 is 1.52. The average molecular weight is 239 g/mol. The number of amides is 1. The van der Waals surface area contributed by atoms with E-state index in [0.717, 1.165) is 24.3 Å². The number of nitrogens with zero attached hydrogens (tertiary/aromatic N) is 1. The Morgan fingerprint density at radius 1 is 1.69 bits per heavy atom. The summed E-state index contributed by atoms with van der Waals surface area (Å²) in [6, 6.07) is 0.433. The number of aryl methyl sites for hydroxylation is 1. The summed E-state index contributed by atoms with van der Waals surface area (Å²) in [6.45, 7) is 5.03. The fourth-order valence-corrected chi connectivity index (χ4v) is 2.66. The molecule has 0 spiro atoms. The second-order valence-electron chi connectivity index (χ2n) is 4.34. The van der Waals surface area contributed by atoms with E-state index in [1.54, 1.807) is 6.20 Å². The Kier molecular flexibility index (Phi) is 3.56. The van der Waals surface area contributed by atoms with Crippen LogP contribution in [0.25, 0.3) is 0 Å². The molecule has 2 unspecified atom stereocenters. The molecule has 1 fully saturated rings. The smallest absolute Gasteiger partial charge is 0.229 e. The van der Waals surface area contributed by atoms with Crippen molar-refractivity contribution in [2.45, 2.75) is 32.7 Å². The van der Waals surface area contributed by atoms with Crippen LogP contribution in [-0.2, 0) is 4.79 Å². The molecule has 0 saturated carbocycles. The molecule has 2 atom stereocenters. The minimum Gasteiger partial charge on any atom is -0.314 e. The van der Waals surface area contributed by atoms with Gasteiger partial charge in [-0.15, -0.1) is 11.3 Å². The highest BCUT2D eigenvalue weighted by Gasteiger charge is 2.25. The number of carbonyl (C=O) groups excluding carboxylic acids is 1. The van der Waals surface area contributed by atoms with E-state index in [4.69, 9.17) is 0 Å². The van der Waals surface area contributed by atoms with Gasteiger partial charge in [0.25, 0.3) is 0 Å². The highest BCUT2D eigenvalue weighted by molar-refractivity contribution is 7.15. The molecule has 0 bridgehead atoms. The number of piperidine rings is 1. The van der Waals surface area contributed by atoms with Crippen LogP contribution in [0.2, 0.25) is 0 Å². The summed E-state index contributed by atoms with van der Waals surface area (Å²) < 4.78 is 0. The Morgan fingerprint density at radius 2 is 2.50 bits per heavy atom. The van der Waals surface area contributed by atoms with Crippen molar-refractivity contribution >= 4 is 22.4 Å². The SMILES string of the molecule is Cc1cnc(NC(=O)C2CCNC(C)C2)s1. The average Bonchev–Trinajstić information content (AvgIpc) is 2.64. The second-order valence-corrected chi connectivity index (χ2v) is 5.58. The van der Waals surface area contributed by atoms with E-state index >= 15 is 0 Å². The molecule has 2 rings (SSSR count). The van der Waals surface area contributed by atoms with Gasteiger partial charge in [-0.1, -0.05) is 0 Å². The molecule has 1 aromatic heterocycles. The lowest BCUT2D eigenvalue weighted by molar-refractivity contribution is -0.120. The fourth-order valence-electron chi connectivity index (χ4n) is 1.99. The van der Waals surface area contributed by atoms with Gasteiger partial charge in [-0.05, 0) is 33.2 Å². The molecular weight excluding hydrogens is 222 g/mol. The van der Waals surface area contributed by atoms with E-state index in [-0.39, 0.29) is 11.8 Å². The molecule has 2 heterocycles. The molecule has 0 aliphatic carbocycles. The number of thiazole rings is 1. The van der Waals surface area contributed by atoms with Crippen LogP contribution in [-0.4, -0.2) is 23.5 Å². The third kappa shape index (κ3) is 2.80. The molecule has 2 N–H and O–H groups in total. The third-order valence-electron chi connectivity index (χ3n) is 2.85. The molecule has 1 amide bonds. The zero-order valence-corrected chi connectivity index (χ0v) is 10.4. The molecule has 4 nitrogen and oxygen atoms in total. The van der Waals surface area contributed by atoms with Crippen molar-refractivity contribution in [2.24, 2.45) is 5.92 Å². The van der Waals surface area contributed by atoms with Crippen LogP contribution in [0.15, 0.2) is 6.20 Å². The lowest BCUT2D eigenvalue weighted by Crippen LogP contribution is -2.40. The zero-order chi connectivity index (χ0) is 11.5. The van der Waals surface area contributed by atoms with Gasteiger partial charge in [-0.25, -0.2) is 4.98 Å².